The van der Waals surface area contributed by atoms with Crippen LogP contribution in [0.5, 0.6) is 0 Å². The number of nitrogens with two attached hydrogens (primary N) is 1. The molecule has 0 aromatic heterocycles. The van der Waals surface area contributed by atoms with Gasteiger partial charge in [-0.25, -0.2) is 0 Å². The zero-order chi connectivity index (χ0) is 22.5. The molecule has 1 saturated heterocycles. The van der Waals surface area contributed by atoms with Gasteiger partial charge in [0.05, 0.1) is 16.6 Å². The van der Waals surface area contributed by atoms with Crippen molar-refractivity contribution in [3.63, 3.8) is 0 Å². The number of likely N-dealkylation sites (tertiary alicyclic amines) is 1. The molecule has 6 nitrogen and oxygen atoms in total. The molecule has 8 heteroatoms. The summed E-state index contributed by atoms with van der Waals surface area (Å²) in [5.41, 5.74) is 6.96. The summed E-state index contributed by atoms with van der Waals surface area (Å²) in [5, 5.41) is 4.88. The van der Waals surface area contributed by atoms with E-state index >= 15 is 0 Å². The Balaban J connectivity index is 1.44. The second kappa shape index (κ2) is 10.8. The van der Waals surface area contributed by atoms with Crippen LogP contribution < -0.4 is 11.1 Å². The van der Waals surface area contributed by atoms with Gasteiger partial charge in [0.25, 0.3) is 0 Å². The highest BCUT2D eigenvalue weighted by molar-refractivity contribution is 6.42. The van der Waals surface area contributed by atoms with E-state index in [-0.39, 0.29) is 11.9 Å². The van der Waals surface area contributed by atoms with Gasteiger partial charge in [0.1, 0.15) is 0 Å². The number of primary amides is 1. The molecule has 1 aromatic carbocycles. The summed E-state index contributed by atoms with van der Waals surface area (Å²) in [5.74, 6) is -0.602. The molecule has 2 amide bonds. The number of benzene rings is 1. The Morgan fingerprint density at radius 2 is 2.10 bits per heavy atom. The minimum atomic E-state index is -0.505. The van der Waals surface area contributed by atoms with E-state index < -0.39 is 5.91 Å². The van der Waals surface area contributed by atoms with Gasteiger partial charge in [-0.2, -0.15) is 0 Å². The molecule has 2 aliphatic rings. The lowest BCUT2D eigenvalue weighted by molar-refractivity contribution is -0.126. The van der Waals surface area contributed by atoms with Crippen molar-refractivity contribution in [1.29, 1.82) is 0 Å². The van der Waals surface area contributed by atoms with E-state index in [0.717, 1.165) is 45.2 Å². The van der Waals surface area contributed by atoms with Crippen LogP contribution in [0.25, 0.3) is 0 Å². The minimum absolute atomic E-state index is 0.0969. The van der Waals surface area contributed by atoms with Gasteiger partial charge in [-0.05, 0) is 63.4 Å². The quantitative estimate of drug-likeness (QED) is 0.519. The van der Waals surface area contributed by atoms with Crippen LogP contribution in [-0.4, -0.2) is 66.4 Å². The fourth-order valence-electron chi connectivity index (χ4n) is 4.57. The highest BCUT2D eigenvalue weighted by Crippen LogP contribution is 2.27. The SMILES string of the molecule is CCC(CC1CC(N2CC(C(N)=O)=CC2=O)CN1C)NCCCc1ccc(Cl)c(Cl)c1. The fourth-order valence-corrected chi connectivity index (χ4v) is 4.89. The second-order valence-corrected chi connectivity index (χ2v) is 9.44. The summed E-state index contributed by atoms with van der Waals surface area (Å²) < 4.78 is 0. The van der Waals surface area contributed by atoms with E-state index in [4.69, 9.17) is 28.9 Å². The third-order valence-corrected chi connectivity index (χ3v) is 7.19. The number of nitrogens with one attached hydrogen (secondary N) is 1. The summed E-state index contributed by atoms with van der Waals surface area (Å²) in [7, 11) is 2.12. The topological polar surface area (TPSA) is 78.7 Å². The number of hydrogen-bond donors (Lipinski definition) is 2. The van der Waals surface area contributed by atoms with Crippen LogP contribution in [-0.2, 0) is 16.0 Å². The van der Waals surface area contributed by atoms with Gasteiger partial charge in [-0.15, -0.1) is 0 Å². The molecular formula is C23H32Cl2N4O2. The van der Waals surface area contributed by atoms with Gasteiger partial charge >= 0.3 is 0 Å². The molecule has 0 radical (unpaired) electrons. The summed E-state index contributed by atoms with van der Waals surface area (Å²) in [6.45, 7) is 4.30. The Bertz CT molecular complexity index is 845. The molecular weight excluding hydrogens is 435 g/mol. The number of halogens is 2. The molecule has 2 heterocycles. The maximum Gasteiger partial charge on any atom is 0.247 e. The van der Waals surface area contributed by atoms with Crippen molar-refractivity contribution in [2.45, 2.75) is 57.2 Å². The summed E-state index contributed by atoms with van der Waals surface area (Å²) in [6.07, 6.45) is 6.38. The van der Waals surface area contributed by atoms with Gasteiger partial charge in [0.2, 0.25) is 11.8 Å². The standard InChI is InChI=1S/C23H32Cl2N4O2/c1-3-17(27-8-4-5-15-6-7-20(24)21(25)9-15)11-18-12-19(14-28(18)2)29-13-16(23(26)31)10-22(29)30/h6-7,9-10,17-19,27H,3-5,8,11-14H2,1-2H3,(H2,26,31). The van der Waals surface area contributed by atoms with E-state index in [1.807, 2.05) is 18.2 Å². The molecule has 0 spiro atoms. The van der Waals surface area contributed by atoms with Crippen molar-refractivity contribution in [2.75, 3.05) is 26.7 Å². The molecule has 1 fully saturated rings. The Hall–Kier alpha value is -1.60. The van der Waals surface area contributed by atoms with Gasteiger partial charge in [0, 0.05) is 36.3 Å². The Morgan fingerprint density at radius 1 is 1.32 bits per heavy atom. The second-order valence-electron chi connectivity index (χ2n) is 8.63. The molecule has 3 N–H and O–H groups in total. The molecule has 170 valence electrons. The molecule has 0 bridgehead atoms. The number of nitrogens with zero attached hydrogens (tertiary/aromatic N) is 2. The highest BCUT2D eigenvalue weighted by atomic mass is 35.5. The molecule has 2 aliphatic heterocycles. The number of aryl methyl sites for hydroxylation is 1. The zero-order valence-electron chi connectivity index (χ0n) is 18.2. The lowest BCUT2D eigenvalue weighted by Crippen LogP contribution is -2.39. The minimum Gasteiger partial charge on any atom is -0.366 e. The van der Waals surface area contributed by atoms with Crippen molar-refractivity contribution in [3.8, 4) is 0 Å². The average Bonchev–Trinajstić information content (AvgIpc) is 3.29. The van der Waals surface area contributed by atoms with Crippen LogP contribution in [0.3, 0.4) is 0 Å². The molecule has 0 saturated carbocycles. The lowest BCUT2D eigenvalue weighted by atomic mass is 10.0. The van der Waals surface area contributed by atoms with Crippen LogP contribution in [0.15, 0.2) is 29.8 Å². The van der Waals surface area contributed by atoms with E-state index in [1.54, 1.807) is 4.90 Å². The van der Waals surface area contributed by atoms with Crippen LogP contribution >= 0.6 is 23.2 Å². The first-order chi connectivity index (χ1) is 14.8. The molecule has 3 unspecified atom stereocenters. The smallest absolute Gasteiger partial charge is 0.247 e. The van der Waals surface area contributed by atoms with E-state index in [9.17, 15) is 9.59 Å². The highest BCUT2D eigenvalue weighted by Gasteiger charge is 2.38. The van der Waals surface area contributed by atoms with Crippen LogP contribution in [0.4, 0.5) is 0 Å². The number of carbonyl (C=O) groups is 2. The third kappa shape index (κ3) is 6.22. The zero-order valence-corrected chi connectivity index (χ0v) is 19.8. The number of hydrogen-bond acceptors (Lipinski definition) is 4. The van der Waals surface area contributed by atoms with Crippen LogP contribution in [0, 0.1) is 0 Å². The van der Waals surface area contributed by atoms with Gasteiger partial charge in [-0.1, -0.05) is 36.2 Å². The van der Waals surface area contributed by atoms with Crippen molar-refractivity contribution in [2.24, 2.45) is 5.73 Å². The number of rotatable bonds is 10. The molecule has 3 rings (SSSR count). The van der Waals surface area contributed by atoms with Crippen molar-refractivity contribution >= 4 is 35.0 Å². The number of likely N-dealkylation sites (N-methyl/N-ethyl adjacent to an activating group) is 1. The van der Waals surface area contributed by atoms with Crippen molar-refractivity contribution in [3.05, 3.63) is 45.5 Å². The fraction of sp³-hybridized carbons (Fsp3) is 0.565. The Kier molecular flexibility index (Phi) is 8.39. The number of carbonyl (C=O) groups excluding carboxylic acids is 2. The maximum atomic E-state index is 12.3. The lowest BCUT2D eigenvalue weighted by Gasteiger charge is -2.25. The predicted octanol–water partition coefficient (Wildman–Crippen LogP) is 3.01. The monoisotopic (exact) mass is 466 g/mol. The van der Waals surface area contributed by atoms with Crippen molar-refractivity contribution in [1.82, 2.24) is 15.1 Å². The van der Waals surface area contributed by atoms with Gasteiger partial charge in [0.15, 0.2) is 0 Å². The third-order valence-electron chi connectivity index (χ3n) is 6.45. The predicted molar refractivity (Wildman–Crippen MR) is 125 cm³/mol. The van der Waals surface area contributed by atoms with E-state index in [1.165, 1.54) is 11.6 Å². The summed E-state index contributed by atoms with van der Waals surface area (Å²) >= 11 is 12.1. The summed E-state index contributed by atoms with van der Waals surface area (Å²) in [6, 6.07) is 6.77. The maximum absolute atomic E-state index is 12.3. The van der Waals surface area contributed by atoms with Gasteiger partial charge < -0.3 is 20.9 Å². The first-order valence-corrected chi connectivity index (χ1v) is 11.7. The largest absolute Gasteiger partial charge is 0.366 e. The Labute approximate surface area is 194 Å². The van der Waals surface area contributed by atoms with E-state index in [0.29, 0.717) is 34.2 Å². The molecule has 3 atom stereocenters. The molecule has 31 heavy (non-hydrogen) atoms. The Morgan fingerprint density at radius 3 is 2.74 bits per heavy atom. The van der Waals surface area contributed by atoms with Crippen LogP contribution in [0.1, 0.15) is 38.2 Å². The first kappa shape index (κ1) is 24.1. The molecule has 1 aromatic rings. The number of amides is 2. The summed E-state index contributed by atoms with van der Waals surface area (Å²) in [4.78, 5) is 27.8. The first-order valence-electron chi connectivity index (χ1n) is 11.0. The normalized spacial score (nSPS) is 22.8. The van der Waals surface area contributed by atoms with Crippen LogP contribution in [0.2, 0.25) is 10.0 Å². The van der Waals surface area contributed by atoms with Gasteiger partial charge in [-0.3, -0.25) is 9.59 Å². The van der Waals surface area contributed by atoms with Crippen molar-refractivity contribution < 1.29 is 9.59 Å². The average molecular weight is 467 g/mol. The molecule has 0 aliphatic carbocycles. The van der Waals surface area contributed by atoms with E-state index in [2.05, 4.69) is 24.2 Å².